The minimum absolute atomic E-state index is 0.460. The lowest BCUT2D eigenvalue weighted by Crippen LogP contribution is -2.11. The molecule has 0 aliphatic heterocycles. The second kappa shape index (κ2) is 8.55. The van der Waals surface area contributed by atoms with Gasteiger partial charge < -0.3 is 0 Å². The molecule has 0 atom stereocenters. The average molecular weight is 470 g/mol. The van der Waals surface area contributed by atoms with Gasteiger partial charge in [0.2, 0.25) is 0 Å². The van der Waals surface area contributed by atoms with Gasteiger partial charge >= 0.3 is 0 Å². The van der Waals surface area contributed by atoms with Crippen LogP contribution >= 0.6 is 31.9 Å². The fourth-order valence-corrected chi connectivity index (χ4v) is 3.30. The van der Waals surface area contributed by atoms with E-state index < -0.39 is 21.4 Å². The Bertz CT molecular complexity index is 865. The molecule has 0 aliphatic rings. The van der Waals surface area contributed by atoms with Crippen molar-refractivity contribution < 1.29 is 13.2 Å². The third kappa shape index (κ3) is 6.55. The molecule has 0 bridgehead atoms. The van der Waals surface area contributed by atoms with Gasteiger partial charge in [0.15, 0.2) is 15.6 Å². The molecule has 0 spiro atoms. The SMILES string of the molecule is O=C(/C=C/c1ccc(Br)cc1)CS(=O)(=O)/C=C\c1ccc(Br)cc1. The van der Waals surface area contributed by atoms with Crippen LogP contribution in [0.25, 0.3) is 12.2 Å². The zero-order valence-corrected chi connectivity index (χ0v) is 16.5. The monoisotopic (exact) mass is 468 g/mol. The first-order valence-electron chi connectivity index (χ1n) is 6.97. The van der Waals surface area contributed by atoms with Crippen LogP contribution < -0.4 is 0 Å². The van der Waals surface area contributed by atoms with Gasteiger partial charge in [-0.2, -0.15) is 0 Å². The van der Waals surface area contributed by atoms with Gasteiger partial charge in [-0.15, -0.1) is 0 Å². The highest BCUT2D eigenvalue weighted by Gasteiger charge is 2.11. The van der Waals surface area contributed by atoms with Crippen LogP contribution in [0.4, 0.5) is 0 Å². The third-order valence-electron chi connectivity index (χ3n) is 3.01. The predicted molar refractivity (Wildman–Crippen MR) is 105 cm³/mol. The summed E-state index contributed by atoms with van der Waals surface area (Å²) in [6.45, 7) is 0. The minimum atomic E-state index is -3.60. The molecule has 24 heavy (non-hydrogen) atoms. The van der Waals surface area contributed by atoms with Gasteiger partial charge in [-0.25, -0.2) is 8.42 Å². The van der Waals surface area contributed by atoms with E-state index in [-0.39, 0.29) is 0 Å². The van der Waals surface area contributed by atoms with Crippen LogP contribution in [0, 0.1) is 0 Å². The van der Waals surface area contributed by atoms with E-state index in [1.54, 1.807) is 18.2 Å². The number of sulfone groups is 1. The van der Waals surface area contributed by atoms with Gasteiger partial charge in [0.1, 0.15) is 5.75 Å². The number of carbonyl (C=O) groups excluding carboxylic acids is 1. The molecule has 2 aromatic carbocycles. The Labute approximate surface area is 158 Å². The molecule has 0 saturated carbocycles. The van der Waals surface area contributed by atoms with Crippen LogP contribution in [0.1, 0.15) is 11.1 Å². The second-order valence-corrected chi connectivity index (χ2v) is 8.73. The van der Waals surface area contributed by atoms with Crippen molar-refractivity contribution in [1.29, 1.82) is 0 Å². The Hall–Kier alpha value is -1.50. The summed E-state index contributed by atoms with van der Waals surface area (Å²) < 4.78 is 25.8. The number of rotatable bonds is 6. The first-order chi connectivity index (χ1) is 11.3. The molecule has 0 amide bonds. The van der Waals surface area contributed by atoms with Crippen LogP contribution in [0.15, 0.2) is 69.0 Å². The number of benzene rings is 2. The van der Waals surface area contributed by atoms with Crippen molar-refractivity contribution in [2.45, 2.75) is 0 Å². The maximum Gasteiger partial charge on any atom is 0.179 e. The van der Waals surface area contributed by atoms with Crippen molar-refractivity contribution >= 4 is 59.6 Å². The van der Waals surface area contributed by atoms with Crippen molar-refractivity contribution in [3.05, 3.63) is 80.1 Å². The van der Waals surface area contributed by atoms with Crippen molar-refractivity contribution in [3.63, 3.8) is 0 Å². The molecule has 0 N–H and O–H groups in total. The first kappa shape index (κ1) is 18.8. The van der Waals surface area contributed by atoms with Crippen molar-refractivity contribution in [2.24, 2.45) is 0 Å². The van der Waals surface area contributed by atoms with Crippen molar-refractivity contribution in [3.8, 4) is 0 Å². The Morgan fingerprint density at radius 2 is 1.29 bits per heavy atom. The molecular weight excluding hydrogens is 456 g/mol. The first-order valence-corrected chi connectivity index (χ1v) is 10.3. The molecule has 0 aromatic heterocycles. The summed E-state index contributed by atoms with van der Waals surface area (Å²) >= 11 is 6.64. The summed E-state index contributed by atoms with van der Waals surface area (Å²) in [6, 6.07) is 14.6. The zero-order chi connectivity index (χ0) is 17.6. The molecule has 3 nitrogen and oxygen atoms in total. The smallest absolute Gasteiger partial charge is 0.179 e. The topological polar surface area (TPSA) is 51.2 Å². The normalized spacial score (nSPS) is 12.1. The van der Waals surface area contributed by atoms with E-state index in [0.29, 0.717) is 0 Å². The Morgan fingerprint density at radius 3 is 1.79 bits per heavy atom. The third-order valence-corrected chi connectivity index (χ3v) is 5.31. The molecule has 0 saturated heterocycles. The number of hydrogen-bond acceptors (Lipinski definition) is 3. The quantitative estimate of drug-likeness (QED) is 0.566. The van der Waals surface area contributed by atoms with Crippen LogP contribution in [0.2, 0.25) is 0 Å². The van der Waals surface area contributed by atoms with E-state index in [2.05, 4.69) is 31.9 Å². The van der Waals surface area contributed by atoms with Gasteiger partial charge in [-0.05, 0) is 47.5 Å². The molecule has 0 fully saturated rings. The van der Waals surface area contributed by atoms with Crippen molar-refractivity contribution in [2.75, 3.05) is 5.75 Å². The van der Waals surface area contributed by atoms with E-state index in [1.165, 1.54) is 12.2 Å². The molecular formula is C18H14Br2O3S. The fraction of sp³-hybridized carbons (Fsp3) is 0.0556. The largest absolute Gasteiger partial charge is 0.294 e. The summed E-state index contributed by atoms with van der Waals surface area (Å²) in [5.41, 5.74) is 1.58. The molecule has 6 heteroatoms. The Kier molecular flexibility index (Phi) is 6.71. The van der Waals surface area contributed by atoms with E-state index in [9.17, 15) is 13.2 Å². The molecule has 0 radical (unpaired) electrons. The Balaban J connectivity index is 1.98. The lowest BCUT2D eigenvalue weighted by Gasteiger charge is -1.97. The summed E-state index contributed by atoms with van der Waals surface area (Å²) in [7, 11) is -3.60. The number of ketones is 1. The molecule has 0 unspecified atom stereocenters. The average Bonchev–Trinajstić information content (AvgIpc) is 2.53. The fourth-order valence-electron chi connectivity index (χ4n) is 1.81. The molecule has 2 rings (SSSR count). The standard InChI is InChI=1S/C18H14Br2O3S/c19-16-6-1-14(2-7-16)5-10-18(21)13-24(22,23)12-11-15-3-8-17(20)9-4-15/h1-12H,13H2/b10-5+,12-11-. The van der Waals surface area contributed by atoms with E-state index >= 15 is 0 Å². The minimum Gasteiger partial charge on any atom is -0.294 e. The summed E-state index contributed by atoms with van der Waals surface area (Å²) in [4.78, 5) is 11.8. The maximum absolute atomic E-state index is 12.0. The Morgan fingerprint density at radius 1 is 0.833 bits per heavy atom. The van der Waals surface area contributed by atoms with Crippen LogP contribution in [-0.4, -0.2) is 20.0 Å². The summed E-state index contributed by atoms with van der Waals surface area (Å²) in [6.07, 6.45) is 4.37. The number of carbonyl (C=O) groups is 1. The molecule has 124 valence electrons. The van der Waals surface area contributed by atoms with Crippen LogP contribution in [0.5, 0.6) is 0 Å². The van der Waals surface area contributed by atoms with Gasteiger partial charge in [0.25, 0.3) is 0 Å². The zero-order valence-electron chi connectivity index (χ0n) is 12.5. The highest BCUT2D eigenvalue weighted by Crippen LogP contribution is 2.13. The second-order valence-electron chi connectivity index (χ2n) is 5.01. The number of allylic oxidation sites excluding steroid dienone is 1. The predicted octanol–water partition coefficient (Wildman–Crippen LogP) is 4.88. The van der Waals surface area contributed by atoms with Gasteiger partial charge in [0.05, 0.1) is 0 Å². The van der Waals surface area contributed by atoms with E-state index in [0.717, 1.165) is 25.5 Å². The molecule has 0 heterocycles. The van der Waals surface area contributed by atoms with Crippen LogP contribution in [0.3, 0.4) is 0 Å². The van der Waals surface area contributed by atoms with Gasteiger partial charge in [0, 0.05) is 14.4 Å². The van der Waals surface area contributed by atoms with E-state index in [4.69, 9.17) is 0 Å². The van der Waals surface area contributed by atoms with E-state index in [1.807, 2.05) is 36.4 Å². The molecule has 0 aliphatic carbocycles. The van der Waals surface area contributed by atoms with Gasteiger partial charge in [-0.1, -0.05) is 62.2 Å². The lowest BCUT2D eigenvalue weighted by atomic mass is 10.2. The highest BCUT2D eigenvalue weighted by molar-refractivity contribution is 9.10. The number of halogens is 2. The van der Waals surface area contributed by atoms with Crippen LogP contribution in [-0.2, 0) is 14.6 Å². The lowest BCUT2D eigenvalue weighted by molar-refractivity contribution is -0.112. The molecule has 2 aromatic rings. The summed E-state index contributed by atoms with van der Waals surface area (Å²) in [5.74, 6) is -1.01. The van der Waals surface area contributed by atoms with Gasteiger partial charge in [-0.3, -0.25) is 4.79 Å². The van der Waals surface area contributed by atoms with Crippen molar-refractivity contribution in [1.82, 2.24) is 0 Å². The summed E-state index contributed by atoms with van der Waals surface area (Å²) in [5, 5.41) is 1.07. The number of hydrogen-bond donors (Lipinski definition) is 0. The highest BCUT2D eigenvalue weighted by atomic mass is 79.9. The maximum atomic E-state index is 12.0.